The predicted octanol–water partition coefficient (Wildman–Crippen LogP) is 3.69. The van der Waals surface area contributed by atoms with Gasteiger partial charge in [-0.1, -0.05) is 34.6 Å². The summed E-state index contributed by atoms with van der Waals surface area (Å²) in [6, 6.07) is 0.671. The van der Waals surface area contributed by atoms with Crippen molar-refractivity contribution in [2.45, 2.75) is 60.4 Å². The van der Waals surface area contributed by atoms with Crippen LogP contribution >= 0.6 is 0 Å². The fraction of sp³-hybridized carbons (Fsp3) is 1.00. The number of nitrogens with one attached hydrogen (secondary N) is 1. The van der Waals surface area contributed by atoms with E-state index in [1.165, 1.54) is 12.8 Å². The van der Waals surface area contributed by atoms with E-state index >= 15 is 0 Å². The maximum absolute atomic E-state index is 3.56. The fourth-order valence-electron chi connectivity index (χ4n) is 2.20. The van der Waals surface area contributed by atoms with Crippen LogP contribution < -0.4 is 5.32 Å². The Balaban J connectivity index is 4.08. The SMILES string of the molecule is CCNC(C)C(CC(C)C)CC(C)C. The van der Waals surface area contributed by atoms with Crippen molar-refractivity contribution < 1.29 is 0 Å². The largest absolute Gasteiger partial charge is 0.314 e. The molecule has 86 valence electrons. The van der Waals surface area contributed by atoms with Gasteiger partial charge in [0.25, 0.3) is 0 Å². The maximum atomic E-state index is 3.56. The minimum Gasteiger partial charge on any atom is -0.314 e. The molecule has 0 aliphatic rings. The van der Waals surface area contributed by atoms with Gasteiger partial charge in [0.1, 0.15) is 0 Å². The number of rotatable bonds is 7. The van der Waals surface area contributed by atoms with Crippen LogP contribution in [0.2, 0.25) is 0 Å². The van der Waals surface area contributed by atoms with Gasteiger partial charge in [-0.2, -0.15) is 0 Å². The van der Waals surface area contributed by atoms with E-state index in [1.54, 1.807) is 0 Å². The van der Waals surface area contributed by atoms with Crippen molar-refractivity contribution in [3.8, 4) is 0 Å². The lowest BCUT2D eigenvalue weighted by Crippen LogP contribution is -2.34. The molecule has 0 saturated heterocycles. The Kier molecular flexibility index (Phi) is 7.26. The molecule has 0 aromatic heterocycles. The van der Waals surface area contributed by atoms with Crippen LogP contribution in [0.25, 0.3) is 0 Å². The van der Waals surface area contributed by atoms with E-state index < -0.39 is 0 Å². The summed E-state index contributed by atoms with van der Waals surface area (Å²) in [5, 5.41) is 3.56. The van der Waals surface area contributed by atoms with Gasteiger partial charge in [0.2, 0.25) is 0 Å². The monoisotopic (exact) mass is 199 g/mol. The summed E-state index contributed by atoms with van der Waals surface area (Å²) in [7, 11) is 0. The molecule has 0 fully saturated rings. The van der Waals surface area contributed by atoms with E-state index in [4.69, 9.17) is 0 Å². The second kappa shape index (κ2) is 7.28. The fourth-order valence-corrected chi connectivity index (χ4v) is 2.20. The molecule has 0 spiro atoms. The first kappa shape index (κ1) is 14.0. The van der Waals surface area contributed by atoms with Gasteiger partial charge >= 0.3 is 0 Å². The van der Waals surface area contributed by atoms with Gasteiger partial charge in [0.05, 0.1) is 0 Å². The molecule has 1 atom stereocenters. The van der Waals surface area contributed by atoms with Gasteiger partial charge in [-0.05, 0) is 44.1 Å². The van der Waals surface area contributed by atoms with Gasteiger partial charge in [-0.25, -0.2) is 0 Å². The third-order valence-electron chi connectivity index (χ3n) is 2.78. The first-order valence-electron chi connectivity index (χ1n) is 6.20. The zero-order valence-corrected chi connectivity index (χ0v) is 10.9. The van der Waals surface area contributed by atoms with E-state index in [0.717, 1.165) is 24.3 Å². The van der Waals surface area contributed by atoms with Crippen molar-refractivity contribution in [3.63, 3.8) is 0 Å². The highest BCUT2D eigenvalue weighted by molar-refractivity contribution is 4.74. The van der Waals surface area contributed by atoms with Crippen LogP contribution in [0.5, 0.6) is 0 Å². The summed E-state index contributed by atoms with van der Waals surface area (Å²) in [6.07, 6.45) is 2.71. The first-order valence-corrected chi connectivity index (χ1v) is 6.20. The number of hydrogen-bond donors (Lipinski definition) is 1. The molecule has 0 saturated carbocycles. The van der Waals surface area contributed by atoms with E-state index in [-0.39, 0.29) is 0 Å². The quantitative estimate of drug-likeness (QED) is 0.659. The summed E-state index contributed by atoms with van der Waals surface area (Å²) < 4.78 is 0. The molecule has 0 aliphatic carbocycles. The molecule has 0 amide bonds. The Morgan fingerprint density at radius 3 is 1.57 bits per heavy atom. The zero-order valence-electron chi connectivity index (χ0n) is 10.9. The van der Waals surface area contributed by atoms with Crippen LogP contribution in [0.3, 0.4) is 0 Å². The van der Waals surface area contributed by atoms with E-state index in [2.05, 4.69) is 46.9 Å². The van der Waals surface area contributed by atoms with Crippen LogP contribution in [0, 0.1) is 17.8 Å². The lowest BCUT2D eigenvalue weighted by molar-refractivity contribution is 0.274. The lowest BCUT2D eigenvalue weighted by Gasteiger charge is -2.27. The number of hydrogen-bond acceptors (Lipinski definition) is 1. The molecule has 0 aromatic carbocycles. The van der Waals surface area contributed by atoms with Crippen molar-refractivity contribution >= 4 is 0 Å². The smallest absolute Gasteiger partial charge is 0.00670 e. The molecule has 1 unspecified atom stereocenters. The topological polar surface area (TPSA) is 12.0 Å². The Hall–Kier alpha value is -0.0400. The van der Waals surface area contributed by atoms with Crippen LogP contribution in [0.15, 0.2) is 0 Å². The average molecular weight is 199 g/mol. The summed E-state index contributed by atoms with van der Waals surface area (Å²) in [5.74, 6) is 2.48. The molecule has 0 bridgehead atoms. The normalized spacial score (nSPS) is 14.4. The van der Waals surface area contributed by atoms with E-state index in [0.29, 0.717) is 6.04 Å². The van der Waals surface area contributed by atoms with Crippen molar-refractivity contribution in [1.29, 1.82) is 0 Å². The Morgan fingerprint density at radius 1 is 0.857 bits per heavy atom. The Labute approximate surface area is 90.7 Å². The van der Waals surface area contributed by atoms with Gasteiger partial charge in [-0.3, -0.25) is 0 Å². The highest BCUT2D eigenvalue weighted by atomic mass is 14.9. The molecule has 0 rings (SSSR count). The highest BCUT2D eigenvalue weighted by Gasteiger charge is 2.18. The molecule has 0 heterocycles. The Bertz CT molecular complexity index is 119. The van der Waals surface area contributed by atoms with Crippen LogP contribution in [0.4, 0.5) is 0 Å². The molecule has 0 radical (unpaired) electrons. The van der Waals surface area contributed by atoms with E-state index in [9.17, 15) is 0 Å². The molecule has 1 nitrogen and oxygen atoms in total. The van der Waals surface area contributed by atoms with Crippen molar-refractivity contribution in [3.05, 3.63) is 0 Å². The van der Waals surface area contributed by atoms with E-state index in [1.807, 2.05) is 0 Å². The molecule has 1 N–H and O–H groups in total. The summed E-state index contributed by atoms with van der Waals surface area (Å²) in [6.45, 7) is 14.9. The second-order valence-electron chi connectivity index (χ2n) is 5.37. The van der Waals surface area contributed by atoms with Gasteiger partial charge in [0.15, 0.2) is 0 Å². The summed E-state index contributed by atoms with van der Waals surface area (Å²) in [5.41, 5.74) is 0. The van der Waals surface area contributed by atoms with Crippen molar-refractivity contribution in [2.24, 2.45) is 17.8 Å². The average Bonchev–Trinajstić information content (AvgIpc) is 2.01. The summed E-state index contributed by atoms with van der Waals surface area (Å²) in [4.78, 5) is 0. The highest BCUT2D eigenvalue weighted by Crippen LogP contribution is 2.23. The molecule has 0 aromatic rings. The van der Waals surface area contributed by atoms with Crippen LogP contribution in [-0.4, -0.2) is 12.6 Å². The molecule has 1 heteroatoms. The molecule has 14 heavy (non-hydrogen) atoms. The zero-order chi connectivity index (χ0) is 11.1. The predicted molar refractivity (Wildman–Crippen MR) is 65.5 cm³/mol. The van der Waals surface area contributed by atoms with Crippen LogP contribution in [-0.2, 0) is 0 Å². The third kappa shape index (κ3) is 6.42. The minimum absolute atomic E-state index is 0.671. The van der Waals surface area contributed by atoms with Crippen molar-refractivity contribution in [1.82, 2.24) is 5.32 Å². The standard InChI is InChI=1S/C13H29N/c1-7-14-12(6)13(8-10(2)3)9-11(4)5/h10-14H,7-9H2,1-6H3. The second-order valence-corrected chi connectivity index (χ2v) is 5.37. The Morgan fingerprint density at radius 2 is 1.29 bits per heavy atom. The van der Waals surface area contributed by atoms with Gasteiger partial charge < -0.3 is 5.32 Å². The molecular formula is C13H29N. The van der Waals surface area contributed by atoms with Gasteiger partial charge in [-0.15, -0.1) is 0 Å². The molecular weight excluding hydrogens is 170 g/mol. The minimum atomic E-state index is 0.671. The van der Waals surface area contributed by atoms with Gasteiger partial charge in [0, 0.05) is 6.04 Å². The molecule has 0 aliphatic heterocycles. The first-order chi connectivity index (χ1) is 6.47. The third-order valence-corrected chi connectivity index (χ3v) is 2.78. The summed E-state index contributed by atoms with van der Waals surface area (Å²) >= 11 is 0. The van der Waals surface area contributed by atoms with Crippen LogP contribution in [0.1, 0.15) is 54.4 Å². The van der Waals surface area contributed by atoms with Crippen molar-refractivity contribution in [2.75, 3.05) is 6.54 Å². The maximum Gasteiger partial charge on any atom is 0.00670 e. The lowest BCUT2D eigenvalue weighted by atomic mass is 9.84.